The molecule has 76 valence electrons. The lowest BCUT2D eigenvalue weighted by atomic mass is 9.98. The molecule has 1 unspecified atom stereocenters. The summed E-state index contributed by atoms with van der Waals surface area (Å²) in [5.74, 6) is 0. The van der Waals surface area contributed by atoms with E-state index >= 15 is 0 Å². The lowest BCUT2D eigenvalue weighted by molar-refractivity contribution is 0.314. The molecule has 0 saturated heterocycles. The lowest BCUT2D eigenvalue weighted by Gasteiger charge is -2.27. The van der Waals surface area contributed by atoms with E-state index in [9.17, 15) is 0 Å². The van der Waals surface area contributed by atoms with E-state index in [1.807, 2.05) is 21.0 Å². The van der Waals surface area contributed by atoms with E-state index in [2.05, 4.69) is 30.1 Å². The van der Waals surface area contributed by atoms with Crippen LogP contribution in [0, 0.1) is 11.3 Å². The topological polar surface area (TPSA) is 39.1 Å². The molecule has 0 aromatic rings. The van der Waals surface area contributed by atoms with Gasteiger partial charge in [-0.3, -0.25) is 5.32 Å². The third-order valence-electron chi connectivity index (χ3n) is 1.91. The SMILES string of the molecule is CC(C)NC(C)(C#N)CCN(C)C. The van der Waals surface area contributed by atoms with Crippen molar-refractivity contribution in [1.29, 1.82) is 5.26 Å². The first kappa shape index (κ1) is 12.4. The number of nitrogens with zero attached hydrogens (tertiary/aromatic N) is 2. The van der Waals surface area contributed by atoms with Crippen LogP contribution < -0.4 is 5.32 Å². The molecule has 1 atom stereocenters. The molecular formula is C10H21N3. The van der Waals surface area contributed by atoms with Gasteiger partial charge in [0.05, 0.1) is 6.07 Å². The van der Waals surface area contributed by atoms with E-state index in [0.717, 1.165) is 13.0 Å². The molecule has 1 N–H and O–H groups in total. The summed E-state index contributed by atoms with van der Waals surface area (Å²) in [6, 6.07) is 2.68. The molecule has 0 fully saturated rings. The predicted octanol–water partition coefficient (Wildman–Crippen LogP) is 1.22. The summed E-state index contributed by atoms with van der Waals surface area (Å²) < 4.78 is 0. The minimum atomic E-state index is -0.390. The zero-order chi connectivity index (χ0) is 10.5. The van der Waals surface area contributed by atoms with E-state index in [4.69, 9.17) is 5.26 Å². The number of hydrogen-bond acceptors (Lipinski definition) is 3. The van der Waals surface area contributed by atoms with Crippen LogP contribution in [0.2, 0.25) is 0 Å². The van der Waals surface area contributed by atoms with Crippen molar-refractivity contribution >= 4 is 0 Å². The highest BCUT2D eigenvalue weighted by molar-refractivity contribution is 5.04. The zero-order valence-electron chi connectivity index (χ0n) is 9.39. The third kappa shape index (κ3) is 5.62. The Balaban J connectivity index is 4.06. The van der Waals surface area contributed by atoms with Gasteiger partial charge in [-0.1, -0.05) is 0 Å². The minimum absolute atomic E-state index is 0.354. The van der Waals surface area contributed by atoms with Crippen molar-refractivity contribution in [3.8, 4) is 6.07 Å². The van der Waals surface area contributed by atoms with Gasteiger partial charge in [0.25, 0.3) is 0 Å². The minimum Gasteiger partial charge on any atom is -0.309 e. The average molecular weight is 183 g/mol. The monoisotopic (exact) mass is 183 g/mol. The highest BCUT2D eigenvalue weighted by Gasteiger charge is 2.23. The fraction of sp³-hybridized carbons (Fsp3) is 0.900. The van der Waals surface area contributed by atoms with Gasteiger partial charge in [-0.15, -0.1) is 0 Å². The van der Waals surface area contributed by atoms with Crippen LogP contribution >= 0.6 is 0 Å². The van der Waals surface area contributed by atoms with Crippen LogP contribution in [-0.2, 0) is 0 Å². The van der Waals surface area contributed by atoms with Crippen molar-refractivity contribution < 1.29 is 0 Å². The quantitative estimate of drug-likeness (QED) is 0.696. The molecule has 0 aliphatic carbocycles. The Labute approximate surface area is 81.7 Å². The second kappa shape index (κ2) is 5.21. The molecule has 3 heteroatoms. The van der Waals surface area contributed by atoms with Gasteiger partial charge in [0.2, 0.25) is 0 Å². The summed E-state index contributed by atoms with van der Waals surface area (Å²) in [7, 11) is 4.04. The maximum Gasteiger partial charge on any atom is 0.105 e. The highest BCUT2D eigenvalue weighted by atomic mass is 15.1. The molecule has 0 heterocycles. The summed E-state index contributed by atoms with van der Waals surface area (Å²) in [6.07, 6.45) is 0.856. The molecule has 3 nitrogen and oxygen atoms in total. The maximum atomic E-state index is 9.02. The van der Waals surface area contributed by atoms with Gasteiger partial charge in [0, 0.05) is 12.6 Å². The van der Waals surface area contributed by atoms with Crippen molar-refractivity contribution in [2.75, 3.05) is 20.6 Å². The fourth-order valence-electron chi connectivity index (χ4n) is 1.24. The molecule has 0 amide bonds. The van der Waals surface area contributed by atoms with Gasteiger partial charge in [0.15, 0.2) is 0 Å². The number of nitrogens with one attached hydrogen (secondary N) is 1. The van der Waals surface area contributed by atoms with Crippen molar-refractivity contribution in [2.24, 2.45) is 0 Å². The largest absolute Gasteiger partial charge is 0.309 e. The van der Waals surface area contributed by atoms with Gasteiger partial charge in [-0.2, -0.15) is 5.26 Å². The first-order chi connectivity index (χ1) is 5.89. The van der Waals surface area contributed by atoms with Crippen molar-refractivity contribution in [3.63, 3.8) is 0 Å². The lowest BCUT2D eigenvalue weighted by Crippen LogP contribution is -2.46. The van der Waals surface area contributed by atoms with Gasteiger partial charge < -0.3 is 4.90 Å². The average Bonchev–Trinajstić information content (AvgIpc) is 2.00. The fourth-order valence-corrected chi connectivity index (χ4v) is 1.24. The van der Waals surface area contributed by atoms with Crippen LogP contribution in [0.3, 0.4) is 0 Å². The second-order valence-corrected chi connectivity index (χ2v) is 4.30. The van der Waals surface area contributed by atoms with Crippen molar-refractivity contribution in [2.45, 2.75) is 38.8 Å². The van der Waals surface area contributed by atoms with Crippen LogP contribution in [0.25, 0.3) is 0 Å². The second-order valence-electron chi connectivity index (χ2n) is 4.30. The first-order valence-electron chi connectivity index (χ1n) is 4.73. The molecule has 0 saturated carbocycles. The van der Waals surface area contributed by atoms with Crippen LogP contribution in [0.15, 0.2) is 0 Å². The van der Waals surface area contributed by atoms with Crippen LogP contribution in [-0.4, -0.2) is 37.1 Å². The Bertz CT molecular complexity index is 181. The summed E-state index contributed by atoms with van der Waals surface area (Å²) >= 11 is 0. The summed E-state index contributed by atoms with van der Waals surface area (Å²) in [5.41, 5.74) is -0.390. The van der Waals surface area contributed by atoms with Crippen LogP contribution in [0.4, 0.5) is 0 Å². The Morgan fingerprint density at radius 1 is 1.46 bits per heavy atom. The first-order valence-corrected chi connectivity index (χ1v) is 4.73. The molecule has 0 aromatic heterocycles. The molecule has 0 aliphatic heterocycles. The number of nitriles is 1. The van der Waals surface area contributed by atoms with E-state index in [-0.39, 0.29) is 0 Å². The Morgan fingerprint density at radius 3 is 2.31 bits per heavy atom. The van der Waals surface area contributed by atoms with Crippen molar-refractivity contribution in [3.05, 3.63) is 0 Å². The van der Waals surface area contributed by atoms with E-state index in [1.54, 1.807) is 0 Å². The Hall–Kier alpha value is -0.590. The molecule has 0 aromatic carbocycles. The van der Waals surface area contributed by atoms with E-state index in [1.165, 1.54) is 0 Å². The molecule has 0 bridgehead atoms. The number of rotatable bonds is 5. The number of hydrogen-bond donors (Lipinski definition) is 1. The van der Waals surface area contributed by atoms with Crippen molar-refractivity contribution in [1.82, 2.24) is 10.2 Å². The van der Waals surface area contributed by atoms with Crippen LogP contribution in [0.1, 0.15) is 27.2 Å². The zero-order valence-corrected chi connectivity index (χ0v) is 9.39. The molecule has 0 rings (SSSR count). The standard InChI is InChI=1S/C10H21N3/c1-9(2)12-10(3,8-11)6-7-13(4)5/h9,12H,6-7H2,1-5H3. The molecular weight excluding hydrogens is 162 g/mol. The van der Waals surface area contributed by atoms with E-state index in [0.29, 0.717) is 6.04 Å². The molecule has 0 radical (unpaired) electrons. The summed E-state index contributed by atoms with van der Waals surface area (Å²) in [6.45, 7) is 7.01. The Morgan fingerprint density at radius 2 is 2.00 bits per heavy atom. The van der Waals surface area contributed by atoms with Crippen LogP contribution in [0.5, 0.6) is 0 Å². The molecule has 13 heavy (non-hydrogen) atoms. The van der Waals surface area contributed by atoms with Gasteiger partial charge in [-0.25, -0.2) is 0 Å². The van der Waals surface area contributed by atoms with Gasteiger partial charge in [-0.05, 0) is 41.3 Å². The normalized spacial score (nSPS) is 15.8. The van der Waals surface area contributed by atoms with Gasteiger partial charge >= 0.3 is 0 Å². The summed E-state index contributed by atoms with van der Waals surface area (Å²) in [4.78, 5) is 2.09. The third-order valence-corrected chi connectivity index (χ3v) is 1.91. The summed E-state index contributed by atoms with van der Waals surface area (Å²) in [5, 5.41) is 12.3. The van der Waals surface area contributed by atoms with E-state index < -0.39 is 5.54 Å². The molecule has 0 spiro atoms. The van der Waals surface area contributed by atoms with Gasteiger partial charge in [0.1, 0.15) is 5.54 Å². The smallest absolute Gasteiger partial charge is 0.105 e. The maximum absolute atomic E-state index is 9.02. The Kier molecular flexibility index (Phi) is 4.97. The predicted molar refractivity (Wildman–Crippen MR) is 55.5 cm³/mol. The molecule has 0 aliphatic rings. The highest BCUT2D eigenvalue weighted by Crippen LogP contribution is 2.09.